The van der Waals surface area contributed by atoms with Gasteiger partial charge in [0.05, 0.1) is 0 Å². The van der Waals surface area contributed by atoms with Crippen LogP contribution in [0.4, 0.5) is 11.9 Å². The van der Waals surface area contributed by atoms with Crippen molar-refractivity contribution in [3.63, 3.8) is 0 Å². The van der Waals surface area contributed by atoms with Gasteiger partial charge in [-0.1, -0.05) is 11.6 Å². The molecule has 0 saturated carbocycles. The minimum atomic E-state index is -0.662. The molecule has 2 heterocycles. The van der Waals surface area contributed by atoms with E-state index in [9.17, 15) is 4.79 Å². The van der Waals surface area contributed by atoms with Crippen molar-refractivity contribution >= 4 is 40.4 Å². The number of halogens is 1. The monoisotopic (exact) mass is 319 g/mol. The van der Waals surface area contributed by atoms with E-state index in [-0.39, 0.29) is 30.1 Å². The molecule has 112 valence electrons. The highest BCUT2D eigenvalue weighted by molar-refractivity contribution is 6.31. The van der Waals surface area contributed by atoms with Gasteiger partial charge in [0.25, 0.3) is 0 Å². The summed E-state index contributed by atoms with van der Waals surface area (Å²) in [5, 5.41) is 1.25. The third-order valence-electron chi connectivity index (χ3n) is 2.73. The fraction of sp³-hybridized carbons (Fsp3) is 0.0769. The van der Waals surface area contributed by atoms with Gasteiger partial charge in [0.1, 0.15) is 5.58 Å². The Balaban J connectivity index is 1.75. The second-order valence-corrected chi connectivity index (χ2v) is 4.77. The molecule has 3 rings (SSSR count). The van der Waals surface area contributed by atoms with Gasteiger partial charge in [0, 0.05) is 10.4 Å². The Bertz CT molecular complexity index is 844. The van der Waals surface area contributed by atoms with E-state index < -0.39 is 5.97 Å². The minimum absolute atomic E-state index is 0.0445. The molecule has 4 N–H and O–H groups in total. The largest absolute Gasteiger partial charge is 0.452 e. The number of nitrogens with two attached hydrogens (primary N) is 2. The molecular weight excluding hydrogens is 310 g/mol. The van der Waals surface area contributed by atoms with Crippen molar-refractivity contribution in [2.24, 2.45) is 0 Å². The van der Waals surface area contributed by atoms with Gasteiger partial charge >= 0.3 is 5.97 Å². The highest BCUT2D eigenvalue weighted by Crippen LogP contribution is 2.23. The molecule has 0 unspecified atom stereocenters. The van der Waals surface area contributed by atoms with Crippen molar-refractivity contribution in [2.75, 3.05) is 11.5 Å². The molecule has 3 aromatic rings. The van der Waals surface area contributed by atoms with Gasteiger partial charge < -0.3 is 20.6 Å². The first kappa shape index (κ1) is 14.1. The Hall–Kier alpha value is -2.87. The van der Waals surface area contributed by atoms with Crippen molar-refractivity contribution in [3.8, 4) is 0 Å². The lowest BCUT2D eigenvalue weighted by Gasteiger charge is -2.02. The average Bonchev–Trinajstić information content (AvgIpc) is 2.86. The third-order valence-corrected chi connectivity index (χ3v) is 2.96. The van der Waals surface area contributed by atoms with Crippen molar-refractivity contribution in [3.05, 3.63) is 40.9 Å². The molecule has 0 radical (unpaired) electrons. The zero-order valence-electron chi connectivity index (χ0n) is 11.1. The van der Waals surface area contributed by atoms with E-state index in [1.165, 1.54) is 0 Å². The summed E-state index contributed by atoms with van der Waals surface area (Å²) in [5.74, 6) is -0.552. The molecule has 0 aliphatic carbocycles. The third kappa shape index (κ3) is 2.91. The summed E-state index contributed by atoms with van der Waals surface area (Å²) in [6.45, 7) is -0.201. The number of hydrogen-bond donors (Lipinski definition) is 2. The van der Waals surface area contributed by atoms with Crippen LogP contribution in [0.25, 0.3) is 11.0 Å². The van der Waals surface area contributed by atoms with Crippen LogP contribution in [0, 0.1) is 0 Å². The maximum absolute atomic E-state index is 12.0. The van der Waals surface area contributed by atoms with E-state index >= 15 is 0 Å². The van der Waals surface area contributed by atoms with E-state index in [1.54, 1.807) is 24.3 Å². The zero-order chi connectivity index (χ0) is 15.7. The molecule has 0 aliphatic heterocycles. The smallest absolute Gasteiger partial charge is 0.374 e. The molecule has 0 amide bonds. The number of carbonyl (C=O) groups excluding carboxylic acids is 1. The fourth-order valence-corrected chi connectivity index (χ4v) is 2.02. The van der Waals surface area contributed by atoms with Gasteiger partial charge in [-0.15, -0.1) is 0 Å². The Morgan fingerprint density at radius 1 is 1.18 bits per heavy atom. The number of ether oxygens (including phenoxy) is 1. The number of rotatable bonds is 3. The standard InChI is InChI=1S/C13H10ClN5O3/c14-7-1-2-8-6(3-7)4-9(22-8)11(20)21-5-10-17-12(15)19-13(16)18-10/h1-4H,5H2,(H4,15,16,17,18,19). The summed E-state index contributed by atoms with van der Waals surface area (Å²) in [5.41, 5.74) is 11.4. The number of esters is 1. The van der Waals surface area contributed by atoms with Crippen LogP contribution in [0.5, 0.6) is 0 Å². The first-order valence-electron chi connectivity index (χ1n) is 6.13. The number of fused-ring (bicyclic) bond motifs is 1. The Labute approximate surface area is 129 Å². The lowest BCUT2D eigenvalue weighted by atomic mass is 10.2. The van der Waals surface area contributed by atoms with Crippen molar-refractivity contribution in [1.29, 1.82) is 0 Å². The highest BCUT2D eigenvalue weighted by Gasteiger charge is 2.15. The maximum atomic E-state index is 12.0. The van der Waals surface area contributed by atoms with Crippen molar-refractivity contribution in [1.82, 2.24) is 15.0 Å². The van der Waals surface area contributed by atoms with Gasteiger partial charge in [-0.3, -0.25) is 0 Å². The summed E-state index contributed by atoms with van der Waals surface area (Å²) in [4.78, 5) is 23.2. The molecule has 9 heteroatoms. The van der Waals surface area contributed by atoms with Crippen LogP contribution >= 0.6 is 11.6 Å². The molecule has 8 nitrogen and oxygen atoms in total. The van der Waals surface area contributed by atoms with Gasteiger partial charge in [0.15, 0.2) is 12.4 Å². The van der Waals surface area contributed by atoms with Gasteiger partial charge in [-0.2, -0.15) is 15.0 Å². The number of furan rings is 1. The van der Waals surface area contributed by atoms with Crippen LogP contribution in [-0.2, 0) is 11.3 Å². The summed E-state index contributed by atoms with van der Waals surface area (Å²) in [7, 11) is 0. The highest BCUT2D eigenvalue weighted by atomic mass is 35.5. The SMILES string of the molecule is Nc1nc(N)nc(COC(=O)c2cc3cc(Cl)ccc3o2)n1. The molecule has 2 aromatic heterocycles. The number of anilines is 2. The number of nitrogen functional groups attached to an aromatic ring is 2. The Kier molecular flexibility index (Phi) is 3.51. The summed E-state index contributed by atoms with van der Waals surface area (Å²) >= 11 is 5.87. The number of carbonyl (C=O) groups is 1. The molecule has 1 aromatic carbocycles. The number of benzene rings is 1. The van der Waals surface area contributed by atoms with Gasteiger partial charge in [0.2, 0.25) is 17.7 Å². The van der Waals surface area contributed by atoms with Crippen LogP contribution in [0.15, 0.2) is 28.7 Å². The molecule has 0 saturated heterocycles. The summed E-state index contributed by atoms with van der Waals surface area (Å²) < 4.78 is 10.4. The second kappa shape index (κ2) is 5.49. The number of hydrogen-bond acceptors (Lipinski definition) is 8. The van der Waals surface area contributed by atoms with Crippen LogP contribution < -0.4 is 11.5 Å². The van der Waals surface area contributed by atoms with Gasteiger partial charge in [-0.05, 0) is 24.3 Å². The van der Waals surface area contributed by atoms with Crippen LogP contribution in [0.2, 0.25) is 5.02 Å². The predicted octanol–water partition coefficient (Wildman–Crippen LogP) is 1.79. The number of aromatic nitrogens is 3. The fourth-order valence-electron chi connectivity index (χ4n) is 1.84. The van der Waals surface area contributed by atoms with Crippen LogP contribution in [0.3, 0.4) is 0 Å². The van der Waals surface area contributed by atoms with E-state index in [1.807, 2.05) is 0 Å². The zero-order valence-corrected chi connectivity index (χ0v) is 11.9. The predicted molar refractivity (Wildman–Crippen MR) is 79.0 cm³/mol. The molecular formula is C13H10ClN5O3. The lowest BCUT2D eigenvalue weighted by molar-refractivity contribution is 0.0428. The summed E-state index contributed by atoms with van der Waals surface area (Å²) in [6, 6.07) is 6.56. The van der Waals surface area contributed by atoms with Crippen LogP contribution in [0.1, 0.15) is 16.4 Å². The molecule has 22 heavy (non-hydrogen) atoms. The average molecular weight is 320 g/mol. The normalized spacial score (nSPS) is 10.8. The lowest BCUT2D eigenvalue weighted by Crippen LogP contribution is -2.10. The van der Waals surface area contributed by atoms with E-state index in [4.69, 9.17) is 32.2 Å². The van der Waals surface area contributed by atoms with Gasteiger partial charge in [-0.25, -0.2) is 4.79 Å². The second-order valence-electron chi connectivity index (χ2n) is 4.34. The maximum Gasteiger partial charge on any atom is 0.374 e. The molecule has 0 spiro atoms. The first-order valence-corrected chi connectivity index (χ1v) is 6.51. The Morgan fingerprint density at radius 3 is 2.64 bits per heavy atom. The minimum Gasteiger partial charge on any atom is -0.452 e. The summed E-state index contributed by atoms with van der Waals surface area (Å²) in [6.07, 6.45) is 0. The first-order chi connectivity index (χ1) is 10.5. The van der Waals surface area contributed by atoms with Crippen molar-refractivity contribution < 1.29 is 13.9 Å². The van der Waals surface area contributed by atoms with E-state index in [0.717, 1.165) is 0 Å². The molecule has 0 atom stereocenters. The molecule has 0 bridgehead atoms. The molecule has 0 fully saturated rings. The van der Waals surface area contributed by atoms with Crippen LogP contribution in [-0.4, -0.2) is 20.9 Å². The molecule has 0 aliphatic rings. The van der Waals surface area contributed by atoms with Crippen molar-refractivity contribution in [2.45, 2.75) is 6.61 Å². The Morgan fingerprint density at radius 2 is 1.91 bits per heavy atom. The topological polar surface area (TPSA) is 130 Å². The van der Waals surface area contributed by atoms with E-state index in [0.29, 0.717) is 16.0 Å². The quantitative estimate of drug-likeness (QED) is 0.699. The van der Waals surface area contributed by atoms with E-state index in [2.05, 4.69) is 15.0 Å². The number of nitrogens with zero attached hydrogens (tertiary/aromatic N) is 3.